The number of rotatable bonds is 11. The van der Waals surface area contributed by atoms with Gasteiger partial charge in [-0.1, -0.05) is 0 Å². The van der Waals surface area contributed by atoms with Crippen molar-refractivity contribution in [3.05, 3.63) is 24.8 Å². The number of carboxylic acids is 1. The third-order valence-corrected chi connectivity index (χ3v) is 5.41. The summed E-state index contributed by atoms with van der Waals surface area (Å²) in [6, 6.07) is 0.155. The zero-order chi connectivity index (χ0) is 27.9. The first-order valence-corrected chi connectivity index (χ1v) is 12.1. The highest BCUT2D eigenvalue weighted by Crippen LogP contribution is 2.29. The van der Waals surface area contributed by atoms with Crippen LogP contribution in [0.25, 0.3) is 11.3 Å². The van der Waals surface area contributed by atoms with Gasteiger partial charge >= 0.3 is 18.1 Å². The molecule has 0 aromatic carbocycles. The van der Waals surface area contributed by atoms with Gasteiger partial charge < -0.3 is 29.8 Å². The average molecular weight is 535 g/mol. The van der Waals surface area contributed by atoms with Gasteiger partial charge in [-0.15, -0.1) is 0 Å². The number of anilines is 1. The number of ether oxygens (including phenoxy) is 4. The lowest BCUT2D eigenvalue weighted by Crippen LogP contribution is -2.46. The van der Waals surface area contributed by atoms with Gasteiger partial charge in [-0.25, -0.2) is 24.5 Å². The van der Waals surface area contributed by atoms with Gasteiger partial charge in [0, 0.05) is 37.2 Å². The number of nitrogens with two attached hydrogens (primary N) is 1. The van der Waals surface area contributed by atoms with E-state index in [1.54, 1.807) is 36.6 Å². The number of hydrogen-bond donors (Lipinski definition) is 2. The SMILES string of the molecule is CCOCC(=O)N(c1cnc(-c2cnc(OC)nc2)cn1)C1CCC(OC(N)=O)CC1.CCOCC(=O)O. The maximum absolute atomic E-state index is 12.9. The molecular weight excluding hydrogens is 500 g/mol. The molecule has 1 saturated carbocycles. The number of carboxylic acid groups (broad SMARTS) is 1. The van der Waals surface area contributed by atoms with Crippen LogP contribution in [0.1, 0.15) is 39.5 Å². The molecule has 2 aromatic rings. The molecule has 0 bridgehead atoms. The quantitative estimate of drug-likeness (QED) is 0.426. The van der Waals surface area contributed by atoms with Gasteiger partial charge in [0.1, 0.15) is 19.3 Å². The Morgan fingerprint density at radius 1 is 0.947 bits per heavy atom. The molecule has 0 spiro atoms. The summed E-state index contributed by atoms with van der Waals surface area (Å²) in [5.41, 5.74) is 6.36. The van der Waals surface area contributed by atoms with Crippen molar-refractivity contribution in [2.75, 3.05) is 38.4 Å². The highest BCUT2D eigenvalue weighted by Gasteiger charge is 2.32. The first-order valence-electron chi connectivity index (χ1n) is 12.1. The highest BCUT2D eigenvalue weighted by atomic mass is 16.6. The summed E-state index contributed by atoms with van der Waals surface area (Å²) in [6.45, 7) is 4.24. The zero-order valence-corrected chi connectivity index (χ0v) is 21.7. The van der Waals surface area contributed by atoms with Crippen molar-refractivity contribution in [2.45, 2.75) is 51.7 Å². The van der Waals surface area contributed by atoms with Crippen molar-refractivity contribution in [3.63, 3.8) is 0 Å². The lowest BCUT2D eigenvalue weighted by atomic mass is 9.91. The van der Waals surface area contributed by atoms with Gasteiger partial charge in [-0.3, -0.25) is 14.7 Å². The number of aliphatic carboxylic acids is 1. The fraction of sp³-hybridized carbons (Fsp3) is 0.542. The molecule has 1 aliphatic carbocycles. The van der Waals surface area contributed by atoms with Crippen molar-refractivity contribution in [3.8, 4) is 17.3 Å². The third kappa shape index (κ3) is 9.86. The first kappa shape index (κ1) is 30.3. The molecule has 0 saturated heterocycles. The molecule has 0 atom stereocenters. The summed E-state index contributed by atoms with van der Waals surface area (Å²) in [6.07, 6.45) is 7.80. The number of amides is 2. The van der Waals surface area contributed by atoms with E-state index in [0.717, 1.165) is 0 Å². The second-order valence-electron chi connectivity index (χ2n) is 8.02. The van der Waals surface area contributed by atoms with Crippen LogP contribution in [0.5, 0.6) is 6.01 Å². The summed E-state index contributed by atoms with van der Waals surface area (Å²) in [4.78, 5) is 52.2. The van der Waals surface area contributed by atoms with Crippen LogP contribution >= 0.6 is 0 Å². The summed E-state index contributed by atoms with van der Waals surface area (Å²) >= 11 is 0. The van der Waals surface area contributed by atoms with Gasteiger partial charge in [-0.05, 0) is 39.5 Å². The molecule has 3 rings (SSSR count). The minimum absolute atomic E-state index is 0.0516. The standard InChI is InChI=1S/C20H26N6O5.C4H8O3/c1-3-30-12-18(27)26(14-4-6-15(7-5-14)31-19(21)28)17-11-22-16(10-23-17)13-8-24-20(29-2)25-9-13;1-2-7-3-4(5)6/h8-11,14-15H,3-7,12H2,1-2H3,(H2,21,28);2-3H2,1H3,(H,5,6). The molecule has 38 heavy (non-hydrogen) atoms. The zero-order valence-electron chi connectivity index (χ0n) is 21.7. The molecule has 2 amide bonds. The Balaban J connectivity index is 0.000000638. The summed E-state index contributed by atoms with van der Waals surface area (Å²) in [7, 11) is 1.49. The van der Waals surface area contributed by atoms with Crippen molar-refractivity contribution in [1.82, 2.24) is 19.9 Å². The lowest BCUT2D eigenvalue weighted by Gasteiger charge is -2.35. The molecule has 0 radical (unpaired) electrons. The Bertz CT molecular complexity index is 1010. The van der Waals surface area contributed by atoms with E-state index in [9.17, 15) is 14.4 Å². The number of primary amides is 1. The van der Waals surface area contributed by atoms with Crippen molar-refractivity contribution < 1.29 is 38.4 Å². The number of aromatic nitrogens is 4. The normalized spacial score (nSPS) is 16.5. The van der Waals surface area contributed by atoms with Gasteiger partial charge in [0.05, 0.1) is 25.2 Å². The molecule has 14 heteroatoms. The fourth-order valence-electron chi connectivity index (χ4n) is 3.70. The Hall–Kier alpha value is -3.91. The molecule has 1 aliphatic rings. The van der Waals surface area contributed by atoms with E-state index in [0.29, 0.717) is 56.0 Å². The summed E-state index contributed by atoms with van der Waals surface area (Å²) in [5.74, 6) is -0.681. The predicted molar refractivity (Wildman–Crippen MR) is 134 cm³/mol. The highest BCUT2D eigenvalue weighted by molar-refractivity contribution is 5.94. The number of nitrogens with zero attached hydrogens (tertiary/aromatic N) is 5. The molecule has 2 heterocycles. The molecule has 3 N–H and O–H groups in total. The minimum atomic E-state index is -0.915. The second kappa shape index (κ2) is 16.0. The van der Waals surface area contributed by atoms with Crippen LogP contribution in [0.4, 0.5) is 10.6 Å². The number of methoxy groups -OCH3 is 1. The molecular formula is C24H34N6O8. The average Bonchev–Trinajstić information content (AvgIpc) is 2.92. The molecule has 0 unspecified atom stereocenters. The van der Waals surface area contributed by atoms with Gasteiger partial charge in [-0.2, -0.15) is 0 Å². The Morgan fingerprint density at radius 2 is 1.58 bits per heavy atom. The van der Waals surface area contributed by atoms with Crippen molar-refractivity contribution in [1.29, 1.82) is 0 Å². The smallest absolute Gasteiger partial charge is 0.404 e. The van der Waals surface area contributed by atoms with Crippen LogP contribution in [-0.2, 0) is 23.8 Å². The van der Waals surface area contributed by atoms with Crippen molar-refractivity contribution in [2.24, 2.45) is 5.73 Å². The van der Waals surface area contributed by atoms with Crippen LogP contribution in [0.2, 0.25) is 0 Å². The molecule has 0 aliphatic heterocycles. The van der Waals surface area contributed by atoms with E-state index >= 15 is 0 Å². The molecule has 2 aromatic heterocycles. The number of carbonyl (C=O) groups excluding carboxylic acids is 2. The molecule has 14 nitrogen and oxygen atoms in total. The van der Waals surface area contributed by atoms with Crippen LogP contribution < -0.4 is 15.4 Å². The predicted octanol–water partition coefficient (Wildman–Crippen LogP) is 1.83. The Morgan fingerprint density at radius 3 is 2.05 bits per heavy atom. The number of carbonyl (C=O) groups is 3. The first-order chi connectivity index (χ1) is 18.3. The van der Waals surface area contributed by atoms with Crippen LogP contribution in [0.3, 0.4) is 0 Å². The number of hydrogen-bond acceptors (Lipinski definition) is 11. The third-order valence-electron chi connectivity index (χ3n) is 5.41. The van der Waals surface area contributed by atoms with E-state index in [-0.39, 0.29) is 37.3 Å². The molecule has 208 valence electrons. The Kier molecular flexibility index (Phi) is 12.8. The van der Waals surface area contributed by atoms with Gasteiger partial charge in [0.2, 0.25) is 0 Å². The largest absolute Gasteiger partial charge is 0.480 e. The maximum Gasteiger partial charge on any atom is 0.404 e. The maximum atomic E-state index is 12.9. The second-order valence-corrected chi connectivity index (χ2v) is 8.02. The monoisotopic (exact) mass is 534 g/mol. The van der Waals surface area contributed by atoms with E-state index in [1.807, 2.05) is 6.92 Å². The van der Waals surface area contributed by atoms with E-state index in [4.69, 9.17) is 25.1 Å². The van der Waals surface area contributed by atoms with Gasteiger partial charge in [0.25, 0.3) is 5.91 Å². The van der Waals surface area contributed by atoms with Crippen LogP contribution in [-0.4, -0.2) is 88.7 Å². The topological polar surface area (TPSA) is 189 Å². The minimum Gasteiger partial charge on any atom is -0.480 e. The Labute approximate surface area is 220 Å². The van der Waals surface area contributed by atoms with E-state index in [1.165, 1.54) is 7.11 Å². The van der Waals surface area contributed by atoms with Crippen LogP contribution in [0.15, 0.2) is 24.8 Å². The summed E-state index contributed by atoms with van der Waals surface area (Å²) < 4.78 is 19.9. The van der Waals surface area contributed by atoms with E-state index < -0.39 is 12.1 Å². The fourth-order valence-corrected chi connectivity index (χ4v) is 3.70. The van der Waals surface area contributed by atoms with Crippen molar-refractivity contribution >= 4 is 23.8 Å². The summed E-state index contributed by atoms with van der Waals surface area (Å²) in [5, 5.41) is 7.92. The van der Waals surface area contributed by atoms with E-state index in [2.05, 4.69) is 24.7 Å². The van der Waals surface area contributed by atoms with Gasteiger partial charge in [0.15, 0.2) is 5.82 Å². The lowest BCUT2D eigenvalue weighted by molar-refractivity contribution is -0.142. The molecule has 1 fully saturated rings. The van der Waals surface area contributed by atoms with Crippen LogP contribution in [0, 0.1) is 0 Å².